The molecule has 1 aliphatic heterocycles. The smallest absolute Gasteiger partial charge is 0.145 e. The first-order valence-electron chi connectivity index (χ1n) is 6.36. The number of nitriles is 1. The van der Waals surface area contributed by atoms with Gasteiger partial charge in [-0.05, 0) is 25.5 Å². The van der Waals surface area contributed by atoms with Gasteiger partial charge in [0.05, 0.1) is 23.2 Å². The lowest BCUT2D eigenvalue weighted by Crippen LogP contribution is -2.35. The first-order valence-corrected chi connectivity index (χ1v) is 6.36. The van der Waals surface area contributed by atoms with Crippen LogP contribution >= 0.6 is 0 Å². The van der Waals surface area contributed by atoms with Crippen LogP contribution in [0, 0.1) is 11.3 Å². The molecular formula is C15H15N3O. The Morgan fingerprint density at radius 2 is 2.26 bits per heavy atom. The quantitative estimate of drug-likeness (QED) is 0.894. The highest BCUT2D eigenvalue weighted by Gasteiger charge is 2.30. The third-order valence-electron chi connectivity index (χ3n) is 3.48. The minimum absolute atomic E-state index is 0.138. The molecule has 0 aliphatic carbocycles. The Morgan fingerprint density at radius 1 is 1.42 bits per heavy atom. The molecule has 4 nitrogen and oxygen atoms in total. The van der Waals surface area contributed by atoms with E-state index in [9.17, 15) is 5.26 Å². The predicted molar refractivity (Wildman–Crippen MR) is 73.9 cm³/mol. The van der Waals surface area contributed by atoms with Crippen molar-refractivity contribution in [2.24, 2.45) is 0 Å². The van der Waals surface area contributed by atoms with Crippen LogP contribution in [0.5, 0.6) is 0 Å². The normalized spacial score (nSPS) is 22.3. The average Bonchev–Trinajstić information content (AvgIpc) is 2.84. The van der Waals surface area contributed by atoms with Gasteiger partial charge in [-0.15, -0.1) is 0 Å². The highest BCUT2D eigenvalue weighted by molar-refractivity contribution is 5.82. The molecule has 1 N–H and O–H groups in total. The second-order valence-electron chi connectivity index (χ2n) is 5.18. The first-order chi connectivity index (χ1) is 9.20. The fraction of sp³-hybridized carbons (Fsp3) is 0.333. The summed E-state index contributed by atoms with van der Waals surface area (Å²) in [5.41, 5.74) is 1.33. The molecule has 1 aromatic carbocycles. The fourth-order valence-corrected chi connectivity index (χ4v) is 2.35. The minimum Gasteiger partial charge on any atom is -0.379 e. The molecule has 1 fully saturated rings. The van der Waals surface area contributed by atoms with Gasteiger partial charge in [-0.3, -0.25) is 0 Å². The van der Waals surface area contributed by atoms with E-state index in [-0.39, 0.29) is 5.54 Å². The molecule has 2 aromatic rings. The van der Waals surface area contributed by atoms with E-state index in [0.29, 0.717) is 18.0 Å². The standard InChI is InChI=1S/C15H15N3O/c1-15(6-7-19-10-15)18-14-12(9-16)8-11-4-2-3-5-13(11)17-14/h2-5,8H,6-7,10H2,1H3,(H,17,18). The summed E-state index contributed by atoms with van der Waals surface area (Å²) in [6.45, 7) is 3.49. The van der Waals surface area contributed by atoms with Crippen molar-refractivity contribution < 1.29 is 4.74 Å². The van der Waals surface area contributed by atoms with Gasteiger partial charge in [-0.2, -0.15) is 5.26 Å². The molecule has 1 saturated heterocycles. The molecule has 0 bridgehead atoms. The zero-order valence-electron chi connectivity index (χ0n) is 10.8. The molecule has 1 atom stereocenters. The molecule has 2 heterocycles. The summed E-state index contributed by atoms with van der Waals surface area (Å²) in [6, 6.07) is 11.9. The third kappa shape index (κ3) is 2.25. The van der Waals surface area contributed by atoms with Crippen LogP contribution in [-0.2, 0) is 4.74 Å². The molecule has 19 heavy (non-hydrogen) atoms. The van der Waals surface area contributed by atoms with Crippen LogP contribution < -0.4 is 5.32 Å². The SMILES string of the molecule is CC1(Nc2nc3ccccc3cc2C#N)CCOC1. The number of aromatic nitrogens is 1. The van der Waals surface area contributed by atoms with Crippen LogP contribution in [0.2, 0.25) is 0 Å². The predicted octanol–water partition coefficient (Wildman–Crippen LogP) is 2.70. The van der Waals surface area contributed by atoms with E-state index in [1.165, 1.54) is 0 Å². The van der Waals surface area contributed by atoms with Gasteiger partial charge in [0.2, 0.25) is 0 Å². The second kappa shape index (κ2) is 4.52. The summed E-state index contributed by atoms with van der Waals surface area (Å²) in [5.74, 6) is 0.647. The number of pyridine rings is 1. The number of anilines is 1. The highest BCUT2D eigenvalue weighted by Crippen LogP contribution is 2.26. The maximum absolute atomic E-state index is 9.27. The Hall–Kier alpha value is -2.12. The van der Waals surface area contributed by atoms with Crippen LogP contribution in [0.3, 0.4) is 0 Å². The Bertz CT molecular complexity index is 654. The van der Waals surface area contributed by atoms with E-state index >= 15 is 0 Å². The van der Waals surface area contributed by atoms with Crippen molar-refractivity contribution in [3.8, 4) is 6.07 Å². The Labute approximate surface area is 112 Å². The summed E-state index contributed by atoms with van der Waals surface area (Å²) in [4.78, 5) is 4.57. The monoisotopic (exact) mass is 253 g/mol. The number of nitrogens with zero attached hydrogens (tertiary/aromatic N) is 2. The van der Waals surface area contributed by atoms with E-state index in [1.807, 2.05) is 30.3 Å². The van der Waals surface area contributed by atoms with E-state index in [0.717, 1.165) is 23.9 Å². The number of para-hydroxylation sites is 1. The average molecular weight is 253 g/mol. The van der Waals surface area contributed by atoms with Crippen molar-refractivity contribution in [1.29, 1.82) is 5.26 Å². The number of ether oxygens (including phenoxy) is 1. The maximum Gasteiger partial charge on any atom is 0.145 e. The lowest BCUT2D eigenvalue weighted by molar-refractivity contribution is 0.185. The van der Waals surface area contributed by atoms with Gasteiger partial charge in [0.1, 0.15) is 11.9 Å². The Kier molecular flexibility index (Phi) is 2.84. The number of rotatable bonds is 2. The van der Waals surface area contributed by atoms with E-state index < -0.39 is 0 Å². The highest BCUT2D eigenvalue weighted by atomic mass is 16.5. The molecule has 0 amide bonds. The number of hydrogen-bond acceptors (Lipinski definition) is 4. The molecule has 1 unspecified atom stereocenters. The molecule has 4 heteroatoms. The van der Waals surface area contributed by atoms with E-state index in [4.69, 9.17) is 4.74 Å². The van der Waals surface area contributed by atoms with Gasteiger partial charge >= 0.3 is 0 Å². The van der Waals surface area contributed by atoms with Crippen LogP contribution in [0.4, 0.5) is 5.82 Å². The first kappa shape index (κ1) is 11.9. The molecule has 96 valence electrons. The molecule has 0 radical (unpaired) electrons. The largest absolute Gasteiger partial charge is 0.379 e. The molecule has 1 aliphatic rings. The van der Waals surface area contributed by atoms with Crippen molar-refractivity contribution >= 4 is 16.7 Å². The molecular weight excluding hydrogens is 238 g/mol. The van der Waals surface area contributed by atoms with Crippen molar-refractivity contribution in [2.45, 2.75) is 18.9 Å². The zero-order valence-corrected chi connectivity index (χ0v) is 10.8. The summed E-state index contributed by atoms with van der Waals surface area (Å²) >= 11 is 0. The number of nitrogens with one attached hydrogen (secondary N) is 1. The number of fused-ring (bicyclic) bond motifs is 1. The topological polar surface area (TPSA) is 57.9 Å². The number of benzene rings is 1. The lowest BCUT2D eigenvalue weighted by Gasteiger charge is -2.24. The molecule has 3 rings (SSSR count). The number of hydrogen-bond donors (Lipinski definition) is 1. The summed E-state index contributed by atoms with van der Waals surface area (Å²) in [7, 11) is 0. The Balaban J connectivity index is 2.04. The van der Waals surface area contributed by atoms with E-state index in [1.54, 1.807) is 0 Å². The van der Waals surface area contributed by atoms with Gasteiger partial charge in [0.15, 0.2) is 0 Å². The zero-order chi connectivity index (χ0) is 13.3. The van der Waals surface area contributed by atoms with Gasteiger partial charge in [0.25, 0.3) is 0 Å². The van der Waals surface area contributed by atoms with Crippen molar-refractivity contribution in [1.82, 2.24) is 4.98 Å². The summed E-state index contributed by atoms with van der Waals surface area (Å²) < 4.78 is 5.42. The molecule has 0 saturated carbocycles. The van der Waals surface area contributed by atoms with Crippen molar-refractivity contribution in [3.05, 3.63) is 35.9 Å². The summed E-state index contributed by atoms with van der Waals surface area (Å²) in [6.07, 6.45) is 0.923. The van der Waals surface area contributed by atoms with Crippen molar-refractivity contribution in [3.63, 3.8) is 0 Å². The van der Waals surface area contributed by atoms with Crippen LogP contribution in [0.15, 0.2) is 30.3 Å². The van der Waals surface area contributed by atoms with Gasteiger partial charge in [-0.1, -0.05) is 18.2 Å². The van der Waals surface area contributed by atoms with Crippen molar-refractivity contribution in [2.75, 3.05) is 18.5 Å². The van der Waals surface area contributed by atoms with Gasteiger partial charge in [0, 0.05) is 12.0 Å². The Morgan fingerprint density at radius 3 is 3.00 bits per heavy atom. The fourth-order valence-electron chi connectivity index (χ4n) is 2.35. The van der Waals surface area contributed by atoms with Crippen LogP contribution in [-0.4, -0.2) is 23.7 Å². The lowest BCUT2D eigenvalue weighted by atomic mass is 10.0. The molecule has 1 aromatic heterocycles. The van der Waals surface area contributed by atoms with Gasteiger partial charge < -0.3 is 10.1 Å². The second-order valence-corrected chi connectivity index (χ2v) is 5.18. The third-order valence-corrected chi connectivity index (χ3v) is 3.48. The minimum atomic E-state index is -0.138. The maximum atomic E-state index is 9.27. The van der Waals surface area contributed by atoms with Gasteiger partial charge in [-0.25, -0.2) is 4.98 Å². The van der Waals surface area contributed by atoms with E-state index in [2.05, 4.69) is 23.3 Å². The van der Waals surface area contributed by atoms with Crippen LogP contribution in [0.25, 0.3) is 10.9 Å². The molecule has 0 spiro atoms. The van der Waals surface area contributed by atoms with Crippen LogP contribution in [0.1, 0.15) is 18.9 Å². The summed E-state index contributed by atoms with van der Waals surface area (Å²) in [5, 5.41) is 13.6.